The monoisotopic (exact) mass is 298 g/mol. The van der Waals surface area contributed by atoms with Gasteiger partial charge in [0, 0.05) is 30.6 Å². The fourth-order valence-electron chi connectivity index (χ4n) is 2.34. The number of rotatable bonds is 3. The van der Waals surface area contributed by atoms with E-state index in [2.05, 4.69) is 0 Å². The van der Waals surface area contributed by atoms with Gasteiger partial charge in [-0.2, -0.15) is 0 Å². The molecule has 1 fully saturated rings. The van der Waals surface area contributed by atoms with Gasteiger partial charge < -0.3 is 10.0 Å². The second-order valence-corrected chi connectivity index (χ2v) is 5.37. The van der Waals surface area contributed by atoms with Crippen molar-refractivity contribution in [3.8, 4) is 0 Å². The molecule has 1 aromatic rings. The van der Waals surface area contributed by atoms with Crippen LogP contribution in [0, 0.1) is 16.0 Å². The lowest BCUT2D eigenvalue weighted by atomic mass is 10.0. The minimum absolute atomic E-state index is 0.0490. The van der Waals surface area contributed by atoms with Gasteiger partial charge in [0.1, 0.15) is 5.02 Å². The van der Waals surface area contributed by atoms with Gasteiger partial charge in [0.25, 0.3) is 11.6 Å². The first-order valence-electron chi connectivity index (χ1n) is 6.31. The van der Waals surface area contributed by atoms with E-state index in [0.717, 1.165) is 6.42 Å². The fourth-order valence-corrected chi connectivity index (χ4v) is 2.59. The first-order valence-corrected chi connectivity index (χ1v) is 6.69. The van der Waals surface area contributed by atoms with E-state index < -0.39 is 11.0 Å². The summed E-state index contributed by atoms with van der Waals surface area (Å²) < 4.78 is 0. The number of benzene rings is 1. The number of carbonyl (C=O) groups is 1. The Balaban J connectivity index is 2.14. The highest BCUT2D eigenvalue weighted by atomic mass is 35.5. The third-order valence-corrected chi connectivity index (χ3v) is 3.89. The van der Waals surface area contributed by atoms with Crippen LogP contribution in [0.4, 0.5) is 5.69 Å². The molecule has 0 aliphatic carbocycles. The Morgan fingerprint density at radius 2 is 2.30 bits per heavy atom. The molecule has 1 saturated heterocycles. The summed E-state index contributed by atoms with van der Waals surface area (Å²) in [7, 11) is 0. The number of carbonyl (C=O) groups excluding carboxylic acids is 1. The number of nitro benzene ring substituents is 1. The lowest BCUT2D eigenvalue weighted by molar-refractivity contribution is -0.384. The second-order valence-electron chi connectivity index (χ2n) is 4.96. The van der Waals surface area contributed by atoms with Gasteiger partial charge in [-0.1, -0.05) is 11.6 Å². The van der Waals surface area contributed by atoms with Crippen molar-refractivity contribution in [1.82, 2.24) is 4.90 Å². The predicted molar refractivity (Wildman–Crippen MR) is 73.8 cm³/mol. The van der Waals surface area contributed by atoms with E-state index in [4.69, 9.17) is 11.6 Å². The molecule has 0 saturated carbocycles. The predicted octanol–water partition coefficient (Wildman–Crippen LogP) is 2.09. The van der Waals surface area contributed by atoms with Crippen molar-refractivity contribution in [3.63, 3.8) is 0 Å². The number of aliphatic hydroxyl groups is 1. The summed E-state index contributed by atoms with van der Waals surface area (Å²) in [6.07, 6.45) is 0.303. The van der Waals surface area contributed by atoms with Gasteiger partial charge in [0.15, 0.2) is 0 Å². The molecule has 1 amide bonds. The van der Waals surface area contributed by atoms with Gasteiger partial charge in [-0.15, -0.1) is 0 Å². The first-order chi connectivity index (χ1) is 9.40. The van der Waals surface area contributed by atoms with Crippen LogP contribution in [0.5, 0.6) is 0 Å². The van der Waals surface area contributed by atoms with Crippen molar-refractivity contribution >= 4 is 23.2 Å². The van der Waals surface area contributed by atoms with E-state index in [-0.39, 0.29) is 22.5 Å². The average molecular weight is 299 g/mol. The Bertz CT molecular complexity index is 547. The van der Waals surface area contributed by atoms with Gasteiger partial charge in [-0.25, -0.2) is 0 Å². The van der Waals surface area contributed by atoms with Crippen molar-refractivity contribution < 1.29 is 14.8 Å². The molecule has 1 N–H and O–H groups in total. The molecule has 2 unspecified atom stereocenters. The van der Waals surface area contributed by atoms with Crippen molar-refractivity contribution in [1.29, 1.82) is 0 Å². The number of nitro groups is 1. The van der Waals surface area contributed by atoms with Crippen LogP contribution < -0.4 is 0 Å². The van der Waals surface area contributed by atoms with Crippen molar-refractivity contribution in [2.45, 2.75) is 19.4 Å². The standard InChI is InChI=1S/C13H15ClN2O4/c1-8(17)10-4-5-15(7-10)13(18)9-2-3-12(16(19)20)11(14)6-9/h2-3,6,8,10,17H,4-5,7H2,1H3. The summed E-state index contributed by atoms with van der Waals surface area (Å²) >= 11 is 5.80. The molecule has 0 spiro atoms. The lowest BCUT2D eigenvalue weighted by Crippen LogP contribution is -2.30. The summed E-state index contributed by atoms with van der Waals surface area (Å²) in [5.41, 5.74) is 0.110. The molecule has 2 atom stereocenters. The summed E-state index contributed by atoms with van der Waals surface area (Å²) in [4.78, 5) is 24.0. The maximum atomic E-state index is 12.3. The van der Waals surface area contributed by atoms with E-state index in [1.807, 2.05) is 0 Å². The number of hydrogen-bond acceptors (Lipinski definition) is 4. The number of amides is 1. The minimum atomic E-state index is -0.587. The average Bonchev–Trinajstić information content (AvgIpc) is 2.87. The van der Waals surface area contributed by atoms with Crippen LogP contribution in [0.1, 0.15) is 23.7 Å². The summed E-state index contributed by atoms with van der Waals surface area (Å²) in [5, 5.41) is 20.2. The zero-order valence-corrected chi connectivity index (χ0v) is 11.7. The normalized spacial score (nSPS) is 19.9. The SMILES string of the molecule is CC(O)C1CCN(C(=O)c2ccc([N+](=O)[O-])c(Cl)c2)C1. The van der Waals surface area contributed by atoms with Crippen LogP contribution in [0.15, 0.2) is 18.2 Å². The maximum Gasteiger partial charge on any atom is 0.287 e. The zero-order chi connectivity index (χ0) is 14.9. The third-order valence-electron chi connectivity index (χ3n) is 3.59. The Morgan fingerprint density at radius 1 is 1.60 bits per heavy atom. The first kappa shape index (κ1) is 14.7. The van der Waals surface area contributed by atoms with E-state index in [1.165, 1.54) is 18.2 Å². The van der Waals surface area contributed by atoms with Gasteiger partial charge in [-0.3, -0.25) is 14.9 Å². The van der Waals surface area contributed by atoms with Crippen LogP contribution in [0.25, 0.3) is 0 Å². The number of aliphatic hydroxyl groups excluding tert-OH is 1. The molecule has 20 heavy (non-hydrogen) atoms. The molecular weight excluding hydrogens is 284 g/mol. The topological polar surface area (TPSA) is 83.7 Å². The molecule has 0 radical (unpaired) electrons. The van der Waals surface area contributed by atoms with Crippen LogP contribution in [0.2, 0.25) is 5.02 Å². The zero-order valence-electron chi connectivity index (χ0n) is 11.0. The van der Waals surface area contributed by atoms with Crippen LogP contribution in [0.3, 0.4) is 0 Å². The van der Waals surface area contributed by atoms with Gasteiger partial charge in [0.2, 0.25) is 0 Å². The van der Waals surface area contributed by atoms with Gasteiger partial charge in [-0.05, 0) is 25.5 Å². The van der Waals surface area contributed by atoms with Crippen molar-refractivity contribution in [2.75, 3.05) is 13.1 Å². The van der Waals surface area contributed by atoms with Crippen LogP contribution in [-0.4, -0.2) is 40.0 Å². The lowest BCUT2D eigenvalue weighted by Gasteiger charge is -2.17. The fraction of sp³-hybridized carbons (Fsp3) is 0.462. The molecule has 0 bridgehead atoms. The summed E-state index contributed by atoms with van der Waals surface area (Å²) in [5.74, 6) is -0.141. The van der Waals surface area contributed by atoms with E-state index in [9.17, 15) is 20.0 Å². The molecule has 6 nitrogen and oxygen atoms in total. The largest absolute Gasteiger partial charge is 0.393 e. The molecule has 1 aromatic carbocycles. The second kappa shape index (κ2) is 5.76. The molecule has 1 aliphatic rings. The maximum absolute atomic E-state index is 12.3. The number of nitrogens with zero attached hydrogens (tertiary/aromatic N) is 2. The van der Waals surface area contributed by atoms with E-state index in [0.29, 0.717) is 18.7 Å². The minimum Gasteiger partial charge on any atom is -0.393 e. The highest BCUT2D eigenvalue weighted by molar-refractivity contribution is 6.33. The van der Waals surface area contributed by atoms with Gasteiger partial charge >= 0.3 is 0 Å². The molecule has 2 rings (SSSR count). The Labute approximate surface area is 121 Å². The van der Waals surface area contributed by atoms with Gasteiger partial charge in [0.05, 0.1) is 11.0 Å². The molecule has 1 aliphatic heterocycles. The molecule has 0 aromatic heterocycles. The summed E-state index contributed by atoms with van der Waals surface area (Å²) in [6, 6.07) is 3.96. The van der Waals surface area contributed by atoms with E-state index >= 15 is 0 Å². The molecule has 108 valence electrons. The Kier molecular flexibility index (Phi) is 4.25. The smallest absolute Gasteiger partial charge is 0.287 e. The van der Waals surface area contributed by atoms with Crippen molar-refractivity contribution in [2.24, 2.45) is 5.92 Å². The molecular formula is C13H15ClN2O4. The number of likely N-dealkylation sites (tertiary alicyclic amines) is 1. The Hall–Kier alpha value is -1.66. The molecule has 7 heteroatoms. The quantitative estimate of drug-likeness (QED) is 0.684. The van der Waals surface area contributed by atoms with Crippen LogP contribution in [-0.2, 0) is 0 Å². The number of hydrogen-bond donors (Lipinski definition) is 1. The highest BCUT2D eigenvalue weighted by Crippen LogP contribution is 2.27. The Morgan fingerprint density at radius 3 is 2.80 bits per heavy atom. The molecule has 1 heterocycles. The highest BCUT2D eigenvalue weighted by Gasteiger charge is 2.30. The van der Waals surface area contributed by atoms with Crippen LogP contribution >= 0.6 is 11.6 Å². The van der Waals surface area contributed by atoms with E-state index in [1.54, 1.807) is 11.8 Å². The number of halogens is 1. The van der Waals surface area contributed by atoms with Crippen molar-refractivity contribution in [3.05, 3.63) is 38.9 Å². The third kappa shape index (κ3) is 2.91. The summed E-state index contributed by atoms with van der Waals surface area (Å²) in [6.45, 7) is 2.77.